The first-order chi connectivity index (χ1) is 5.56. The minimum Gasteiger partial charge on any atom is -0.549 e. The highest BCUT2D eigenvalue weighted by atomic mass is 16.4. The molecule has 0 rings (SSSR count). The Morgan fingerprint density at radius 2 is 1.58 bits per heavy atom. The molecule has 0 bridgehead atoms. The molecule has 0 aromatic carbocycles. The Bertz CT molecular complexity index is 153. The highest BCUT2D eigenvalue weighted by Crippen LogP contribution is 1.84. The van der Waals surface area contributed by atoms with Crippen LogP contribution in [0.25, 0.3) is 0 Å². The van der Waals surface area contributed by atoms with Gasteiger partial charge in [-0.15, -0.1) is 0 Å². The summed E-state index contributed by atoms with van der Waals surface area (Å²) in [4.78, 5) is 21.0. The van der Waals surface area contributed by atoms with Crippen molar-refractivity contribution in [3.05, 3.63) is 0 Å². The second kappa shape index (κ2) is 5.50. The van der Waals surface area contributed by atoms with Crippen molar-refractivity contribution < 1.29 is 24.9 Å². The number of carboxylic acids is 2. The second-order valence-corrected chi connectivity index (χ2v) is 2.18. The maximum atomic E-state index is 10.0. The van der Waals surface area contributed by atoms with Crippen LogP contribution < -0.4 is 10.2 Å². The number of carbonyl (C=O) groups excluding carboxylic acids is 2. The minimum atomic E-state index is -1.38. The Hall–Kier alpha value is -1.14. The number of nitrogens with zero attached hydrogens (tertiary/aromatic N) is 1. The van der Waals surface area contributed by atoms with Crippen molar-refractivity contribution >= 4 is 11.9 Å². The zero-order valence-electron chi connectivity index (χ0n) is 6.36. The Morgan fingerprint density at radius 3 is 1.83 bits per heavy atom. The number of aliphatic carboxylic acids is 2. The Morgan fingerprint density at radius 1 is 1.17 bits per heavy atom. The average Bonchev–Trinajstić information content (AvgIpc) is 1.84. The molecule has 0 saturated heterocycles. The predicted octanol–water partition coefficient (Wildman–Crippen LogP) is -4.22. The first-order valence-electron chi connectivity index (χ1n) is 3.29. The van der Waals surface area contributed by atoms with Gasteiger partial charge in [0.1, 0.15) is 0 Å². The van der Waals surface area contributed by atoms with Gasteiger partial charge in [0.25, 0.3) is 0 Å². The summed E-state index contributed by atoms with van der Waals surface area (Å²) in [6.45, 7) is -1.37. The lowest BCUT2D eigenvalue weighted by Crippen LogP contribution is -2.45. The van der Waals surface area contributed by atoms with Crippen LogP contribution in [0.2, 0.25) is 0 Å². The first-order valence-corrected chi connectivity index (χ1v) is 3.29. The van der Waals surface area contributed by atoms with Crippen molar-refractivity contribution in [2.45, 2.75) is 0 Å². The summed E-state index contributed by atoms with van der Waals surface area (Å²) in [6, 6.07) is 0. The third kappa shape index (κ3) is 5.63. The lowest BCUT2D eigenvalue weighted by Gasteiger charge is -2.21. The molecule has 1 N–H and O–H groups in total. The van der Waals surface area contributed by atoms with Gasteiger partial charge in [0.2, 0.25) is 0 Å². The van der Waals surface area contributed by atoms with E-state index in [1.807, 2.05) is 0 Å². The number of aliphatic hydroxyl groups is 1. The number of carboxylic acid groups (broad SMARTS) is 2. The van der Waals surface area contributed by atoms with Crippen LogP contribution in [0.4, 0.5) is 0 Å². The van der Waals surface area contributed by atoms with Crippen LogP contribution in [0, 0.1) is 0 Å². The van der Waals surface area contributed by atoms with Crippen LogP contribution in [-0.2, 0) is 9.59 Å². The third-order valence-corrected chi connectivity index (χ3v) is 1.12. The molecule has 0 aromatic heterocycles. The number of rotatable bonds is 6. The first kappa shape index (κ1) is 10.9. The van der Waals surface area contributed by atoms with Crippen molar-refractivity contribution in [2.24, 2.45) is 0 Å². The fourth-order valence-corrected chi connectivity index (χ4v) is 0.721. The predicted molar refractivity (Wildman–Crippen MR) is 33.5 cm³/mol. The van der Waals surface area contributed by atoms with Crippen LogP contribution in [0.1, 0.15) is 0 Å². The molecule has 0 amide bonds. The third-order valence-electron chi connectivity index (χ3n) is 1.12. The largest absolute Gasteiger partial charge is 0.549 e. The van der Waals surface area contributed by atoms with Crippen LogP contribution in [0.3, 0.4) is 0 Å². The maximum Gasteiger partial charge on any atom is 0.0558 e. The molecule has 0 aliphatic carbocycles. The molecule has 6 heteroatoms. The summed E-state index contributed by atoms with van der Waals surface area (Å²) in [5.74, 6) is -2.77. The number of hydrogen-bond acceptors (Lipinski definition) is 6. The number of aliphatic hydroxyl groups excluding tert-OH is 1. The Kier molecular flexibility index (Phi) is 4.98. The van der Waals surface area contributed by atoms with Crippen molar-refractivity contribution in [3.8, 4) is 0 Å². The Labute approximate surface area is 69.0 Å². The van der Waals surface area contributed by atoms with Gasteiger partial charge in [-0.3, -0.25) is 4.90 Å². The SMILES string of the molecule is O=C([O-])CN(CCO)CC(=O)[O-]. The van der Waals surface area contributed by atoms with E-state index in [4.69, 9.17) is 5.11 Å². The normalized spacial score (nSPS) is 10.2. The van der Waals surface area contributed by atoms with Gasteiger partial charge < -0.3 is 24.9 Å². The van der Waals surface area contributed by atoms with Crippen LogP contribution in [-0.4, -0.2) is 48.2 Å². The fourth-order valence-electron chi connectivity index (χ4n) is 0.721. The van der Waals surface area contributed by atoms with E-state index in [-0.39, 0.29) is 13.2 Å². The highest BCUT2D eigenvalue weighted by Gasteiger charge is 2.03. The van der Waals surface area contributed by atoms with Crippen molar-refractivity contribution in [3.63, 3.8) is 0 Å². The molecule has 0 unspecified atom stereocenters. The van der Waals surface area contributed by atoms with Gasteiger partial charge in [0.05, 0.1) is 18.5 Å². The molecular weight excluding hydrogens is 166 g/mol. The van der Waals surface area contributed by atoms with Gasteiger partial charge in [0.15, 0.2) is 0 Å². The zero-order valence-corrected chi connectivity index (χ0v) is 6.36. The standard InChI is InChI=1S/C6H11NO5/c8-2-1-7(3-5(9)10)4-6(11)12/h8H,1-4H2,(H,9,10)(H,11,12)/p-2. The molecule has 70 valence electrons. The molecule has 0 spiro atoms. The summed E-state index contributed by atoms with van der Waals surface area (Å²) >= 11 is 0. The number of carbonyl (C=O) groups is 2. The quantitative estimate of drug-likeness (QED) is 0.438. The van der Waals surface area contributed by atoms with Gasteiger partial charge in [-0.2, -0.15) is 0 Å². The topological polar surface area (TPSA) is 104 Å². The average molecular weight is 175 g/mol. The van der Waals surface area contributed by atoms with Gasteiger partial charge in [-0.1, -0.05) is 0 Å². The fraction of sp³-hybridized carbons (Fsp3) is 0.667. The molecular formula is C6H9NO5-2. The second-order valence-electron chi connectivity index (χ2n) is 2.18. The molecule has 0 fully saturated rings. The smallest absolute Gasteiger partial charge is 0.0558 e. The molecule has 0 aromatic rings. The van der Waals surface area contributed by atoms with Crippen LogP contribution in [0.5, 0.6) is 0 Å². The molecule has 0 atom stereocenters. The summed E-state index contributed by atoms with van der Waals surface area (Å²) in [6.07, 6.45) is 0. The van der Waals surface area contributed by atoms with E-state index in [0.717, 1.165) is 4.90 Å². The van der Waals surface area contributed by atoms with E-state index in [2.05, 4.69) is 0 Å². The van der Waals surface area contributed by atoms with E-state index in [0.29, 0.717) is 0 Å². The van der Waals surface area contributed by atoms with E-state index < -0.39 is 25.0 Å². The van der Waals surface area contributed by atoms with Crippen molar-refractivity contribution in [1.29, 1.82) is 0 Å². The molecule has 0 aliphatic heterocycles. The zero-order chi connectivity index (χ0) is 9.56. The highest BCUT2D eigenvalue weighted by molar-refractivity contribution is 5.70. The van der Waals surface area contributed by atoms with Crippen molar-refractivity contribution in [2.75, 3.05) is 26.2 Å². The van der Waals surface area contributed by atoms with Crippen LogP contribution >= 0.6 is 0 Å². The monoisotopic (exact) mass is 175 g/mol. The minimum absolute atomic E-state index is 0.0258. The molecule has 6 nitrogen and oxygen atoms in total. The summed E-state index contributed by atoms with van der Waals surface area (Å²) in [5, 5.41) is 28.4. The summed E-state index contributed by atoms with van der Waals surface area (Å²) in [5.41, 5.74) is 0. The van der Waals surface area contributed by atoms with Crippen molar-refractivity contribution in [1.82, 2.24) is 4.90 Å². The lowest BCUT2D eigenvalue weighted by molar-refractivity contribution is -0.310. The molecule has 0 radical (unpaired) electrons. The maximum absolute atomic E-state index is 10.0. The van der Waals surface area contributed by atoms with E-state index in [9.17, 15) is 19.8 Å². The lowest BCUT2D eigenvalue weighted by atomic mass is 10.4. The van der Waals surface area contributed by atoms with E-state index in [1.54, 1.807) is 0 Å². The van der Waals surface area contributed by atoms with Gasteiger partial charge in [-0.05, 0) is 0 Å². The number of hydrogen-bond donors (Lipinski definition) is 1. The Balaban J connectivity index is 3.85. The van der Waals surface area contributed by atoms with Gasteiger partial charge in [0, 0.05) is 19.6 Å². The molecule has 0 heterocycles. The summed E-state index contributed by atoms with van der Waals surface area (Å²) < 4.78 is 0. The van der Waals surface area contributed by atoms with Gasteiger partial charge >= 0.3 is 0 Å². The molecule has 12 heavy (non-hydrogen) atoms. The molecule has 0 saturated carbocycles. The van der Waals surface area contributed by atoms with Crippen LogP contribution in [0.15, 0.2) is 0 Å². The van der Waals surface area contributed by atoms with Gasteiger partial charge in [-0.25, -0.2) is 0 Å². The summed E-state index contributed by atoms with van der Waals surface area (Å²) in [7, 11) is 0. The van der Waals surface area contributed by atoms with E-state index in [1.165, 1.54) is 0 Å². The van der Waals surface area contributed by atoms with E-state index >= 15 is 0 Å². The molecule has 0 aliphatic rings.